The Hall–Kier alpha value is -1.87. The maximum Gasteiger partial charge on any atom is 0.119 e. The van der Waals surface area contributed by atoms with Crippen molar-refractivity contribution in [2.45, 2.75) is 13.3 Å². The number of rotatable bonds is 5. The number of hydrogen-bond donors (Lipinski definition) is 1. The highest BCUT2D eigenvalue weighted by Gasteiger charge is 2.01. The molecular formula is C15H18N2O. The minimum atomic E-state index is 0.625. The van der Waals surface area contributed by atoms with Gasteiger partial charge in [0.1, 0.15) is 5.75 Å². The van der Waals surface area contributed by atoms with Gasteiger partial charge in [0.2, 0.25) is 0 Å². The molecule has 2 rings (SSSR count). The van der Waals surface area contributed by atoms with Crippen molar-refractivity contribution in [3.05, 3.63) is 48.2 Å². The molecule has 0 aliphatic carbocycles. The van der Waals surface area contributed by atoms with E-state index < -0.39 is 0 Å². The molecular weight excluding hydrogens is 224 g/mol. The fourth-order valence-corrected chi connectivity index (χ4v) is 1.82. The van der Waals surface area contributed by atoms with Crippen molar-refractivity contribution in [3.63, 3.8) is 0 Å². The molecule has 18 heavy (non-hydrogen) atoms. The summed E-state index contributed by atoms with van der Waals surface area (Å²) in [5.74, 6) is 0.888. The second kappa shape index (κ2) is 6.17. The second-order valence-corrected chi connectivity index (χ2v) is 4.01. The van der Waals surface area contributed by atoms with Crippen molar-refractivity contribution in [2.24, 2.45) is 5.73 Å². The van der Waals surface area contributed by atoms with E-state index >= 15 is 0 Å². The molecule has 1 heterocycles. The number of ether oxygens (including phenoxy) is 1. The van der Waals surface area contributed by atoms with Crippen LogP contribution in [0.25, 0.3) is 11.3 Å². The van der Waals surface area contributed by atoms with E-state index in [1.807, 2.05) is 49.4 Å². The first-order valence-electron chi connectivity index (χ1n) is 6.22. The molecule has 0 radical (unpaired) electrons. The first-order valence-corrected chi connectivity index (χ1v) is 6.22. The van der Waals surface area contributed by atoms with E-state index in [0.717, 1.165) is 29.1 Å². The van der Waals surface area contributed by atoms with E-state index in [2.05, 4.69) is 4.98 Å². The van der Waals surface area contributed by atoms with Crippen LogP contribution in [0.5, 0.6) is 5.75 Å². The van der Waals surface area contributed by atoms with Gasteiger partial charge in [-0.1, -0.05) is 6.07 Å². The van der Waals surface area contributed by atoms with E-state index in [-0.39, 0.29) is 0 Å². The Labute approximate surface area is 108 Å². The molecule has 1 aromatic carbocycles. The first kappa shape index (κ1) is 12.6. The molecule has 0 saturated heterocycles. The lowest BCUT2D eigenvalue weighted by Crippen LogP contribution is -2.04. The summed E-state index contributed by atoms with van der Waals surface area (Å²) in [6, 6.07) is 14.0. The Balaban J connectivity index is 2.22. The van der Waals surface area contributed by atoms with Crippen LogP contribution in [0.2, 0.25) is 0 Å². The lowest BCUT2D eigenvalue weighted by atomic mass is 10.1. The molecule has 0 aliphatic heterocycles. The monoisotopic (exact) mass is 242 g/mol. The Bertz CT molecular complexity index is 494. The molecule has 3 heteroatoms. The van der Waals surface area contributed by atoms with Gasteiger partial charge in [0.05, 0.1) is 12.3 Å². The molecule has 0 amide bonds. The minimum absolute atomic E-state index is 0.625. The topological polar surface area (TPSA) is 48.1 Å². The highest BCUT2D eigenvalue weighted by atomic mass is 16.5. The standard InChI is InChI=1S/C15H18N2O/c1-2-18-14-8-6-12(7-9-14)15-5-3-4-13(17-15)10-11-16/h3-9H,2,10-11,16H2,1H3. The maximum absolute atomic E-state index is 5.55. The van der Waals surface area contributed by atoms with E-state index in [4.69, 9.17) is 10.5 Å². The smallest absolute Gasteiger partial charge is 0.119 e. The lowest BCUT2D eigenvalue weighted by Gasteiger charge is -2.06. The Morgan fingerprint density at radius 2 is 1.89 bits per heavy atom. The fraction of sp³-hybridized carbons (Fsp3) is 0.267. The largest absolute Gasteiger partial charge is 0.494 e. The van der Waals surface area contributed by atoms with Gasteiger partial charge in [-0.2, -0.15) is 0 Å². The summed E-state index contributed by atoms with van der Waals surface area (Å²) in [5, 5.41) is 0. The normalized spacial score (nSPS) is 10.3. The van der Waals surface area contributed by atoms with E-state index in [0.29, 0.717) is 13.2 Å². The van der Waals surface area contributed by atoms with Crippen LogP contribution in [0, 0.1) is 0 Å². The Morgan fingerprint density at radius 3 is 2.56 bits per heavy atom. The van der Waals surface area contributed by atoms with Crippen LogP contribution < -0.4 is 10.5 Å². The van der Waals surface area contributed by atoms with E-state index in [1.165, 1.54) is 0 Å². The maximum atomic E-state index is 5.55. The molecule has 1 aromatic heterocycles. The molecule has 0 atom stereocenters. The van der Waals surface area contributed by atoms with Gasteiger partial charge in [-0.15, -0.1) is 0 Å². The van der Waals surface area contributed by atoms with Gasteiger partial charge in [0, 0.05) is 17.7 Å². The number of nitrogens with two attached hydrogens (primary N) is 1. The zero-order valence-corrected chi connectivity index (χ0v) is 10.6. The summed E-state index contributed by atoms with van der Waals surface area (Å²) in [4.78, 5) is 4.59. The molecule has 0 spiro atoms. The van der Waals surface area contributed by atoms with Crippen molar-refractivity contribution in [1.82, 2.24) is 4.98 Å². The quantitative estimate of drug-likeness (QED) is 0.876. The van der Waals surface area contributed by atoms with Gasteiger partial charge < -0.3 is 10.5 Å². The predicted octanol–water partition coefficient (Wildman–Crippen LogP) is 2.65. The summed E-state index contributed by atoms with van der Waals surface area (Å²) in [7, 11) is 0. The number of nitrogens with zero attached hydrogens (tertiary/aromatic N) is 1. The van der Waals surface area contributed by atoms with E-state index in [1.54, 1.807) is 0 Å². The molecule has 0 fully saturated rings. The van der Waals surface area contributed by atoms with Crippen molar-refractivity contribution < 1.29 is 4.74 Å². The first-order chi connectivity index (χ1) is 8.83. The summed E-state index contributed by atoms with van der Waals surface area (Å²) in [6.45, 7) is 3.29. The van der Waals surface area contributed by atoms with Crippen molar-refractivity contribution in [1.29, 1.82) is 0 Å². The van der Waals surface area contributed by atoms with Crippen molar-refractivity contribution >= 4 is 0 Å². The van der Waals surface area contributed by atoms with E-state index in [9.17, 15) is 0 Å². The molecule has 3 nitrogen and oxygen atoms in total. The van der Waals surface area contributed by atoms with Gasteiger partial charge in [-0.3, -0.25) is 4.98 Å². The second-order valence-electron chi connectivity index (χ2n) is 4.01. The van der Waals surface area contributed by atoms with Crippen molar-refractivity contribution in [3.8, 4) is 17.0 Å². The molecule has 94 valence electrons. The zero-order valence-electron chi connectivity index (χ0n) is 10.6. The number of pyridine rings is 1. The van der Waals surface area contributed by atoms with Crippen LogP contribution in [-0.4, -0.2) is 18.1 Å². The summed E-state index contributed by atoms with van der Waals surface area (Å²) in [6.07, 6.45) is 0.810. The highest BCUT2D eigenvalue weighted by Crippen LogP contribution is 2.21. The van der Waals surface area contributed by atoms with Gasteiger partial charge in [-0.25, -0.2) is 0 Å². The van der Waals surface area contributed by atoms with Crippen LogP contribution in [0.3, 0.4) is 0 Å². The SMILES string of the molecule is CCOc1ccc(-c2cccc(CCN)n2)cc1. The van der Waals surface area contributed by atoms with Crippen molar-refractivity contribution in [2.75, 3.05) is 13.2 Å². The number of aromatic nitrogens is 1. The van der Waals surface area contributed by atoms with Crippen LogP contribution in [0.15, 0.2) is 42.5 Å². The summed E-state index contributed by atoms with van der Waals surface area (Å²) >= 11 is 0. The fourth-order valence-electron chi connectivity index (χ4n) is 1.82. The van der Waals surface area contributed by atoms with Crippen LogP contribution >= 0.6 is 0 Å². The average Bonchev–Trinajstić information content (AvgIpc) is 2.41. The summed E-state index contributed by atoms with van der Waals surface area (Å²) in [5.41, 5.74) is 8.65. The van der Waals surface area contributed by atoms with Gasteiger partial charge >= 0.3 is 0 Å². The van der Waals surface area contributed by atoms with Gasteiger partial charge in [0.15, 0.2) is 0 Å². The Morgan fingerprint density at radius 1 is 1.11 bits per heavy atom. The average molecular weight is 242 g/mol. The van der Waals surface area contributed by atoms with Crippen LogP contribution in [0.4, 0.5) is 0 Å². The third-order valence-electron chi connectivity index (χ3n) is 2.67. The minimum Gasteiger partial charge on any atom is -0.494 e. The number of hydrogen-bond acceptors (Lipinski definition) is 3. The lowest BCUT2D eigenvalue weighted by molar-refractivity contribution is 0.340. The molecule has 2 N–H and O–H groups in total. The third kappa shape index (κ3) is 3.08. The number of benzene rings is 1. The summed E-state index contributed by atoms with van der Waals surface area (Å²) < 4.78 is 5.42. The van der Waals surface area contributed by atoms with Crippen LogP contribution in [0.1, 0.15) is 12.6 Å². The predicted molar refractivity (Wildman–Crippen MR) is 73.6 cm³/mol. The molecule has 0 unspecified atom stereocenters. The molecule has 2 aromatic rings. The molecule has 0 aliphatic rings. The van der Waals surface area contributed by atoms with Gasteiger partial charge in [-0.05, 0) is 49.9 Å². The Kier molecular flexibility index (Phi) is 4.31. The van der Waals surface area contributed by atoms with Gasteiger partial charge in [0.25, 0.3) is 0 Å². The highest BCUT2D eigenvalue weighted by molar-refractivity contribution is 5.60. The molecule has 0 bridgehead atoms. The zero-order chi connectivity index (χ0) is 12.8. The third-order valence-corrected chi connectivity index (χ3v) is 2.67. The van der Waals surface area contributed by atoms with Crippen LogP contribution in [-0.2, 0) is 6.42 Å². The molecule has 0 saturated carbocycles.